The molecule has 0 atom stereocenters. The highest BCUT2D eigenvalue weighted by molar-refractivity contribution is 6.28. The molecule has 2 rings (SSSR count). The summed E-state index contributed by atoms with van der Waals surface area (Å²) in [5.41, 5.74) is -0.584. The standard InChI is InChI=1S/C10H16ClN5O/c1-10(17)3-5-16(6-4-10)9-14-7(11)13-8(12-2)15-9/h17H,3-6H2,1-2H3,(H,12,13,14,15). The Morgan fingerprint density at radius 2 is 1.94 bits per heavy atom. The first-order valence-electron chi connectivity index (χ1n) is 5.57. The lowest BCUT2D eigenvalue weighted by Crippen LogP contribution is -2.43. The molecule has 0 amide bonds. The Hall–Kier alpha value is -1.14. The van der Waals surface area contributed by atoms with Gasteiger partial charge in [0.1, 0.15) is 0 Å². The second kappa shape index (κ2) is 4.62. The smallest absolute Gasteiger partial charge is 0.231 e. The fourth-order valence-corrected chi connectivity index (χ4v) is 1.94. The van der Waals surface area contributed by atoms with Gasteiger partial charge in [0.25, 0.3) is 0 Å². The Labute approximate surface area is 105 Å². The molecule has 6 nitrogen and oxygen atoms in total. The molecule has 0 aliphatic carbocycles. The molecule has 2 N–H and O–H groups in total. The molecule has 1 aliphatic heterocycles. The maximum Gasteiger partial charge on any atom is 0.231 e. The highest BCUT2D eigenvalue weighted by Gasteiger charge is 2.28. The van der Waals surface area contributed by atoms with Gasteiger partial charge >= 0.3 is 0 Å². The van der Waals surface area contributed by atoms with Crippen LogP contribution < -0.4 is 10.2 Å². The van der Waals surface area contributed by atoms with Crippen LogP contribution >= 0.6 is 11.6 Å². The monoisotopic (exact) mass is 257 g/mol. The molecule has 0 aromatic carbocycles. The van der Waals surface area contributed by atoms with Gasteiger partial charge < -0.3 is 15.3 Å². The van der Waals surface area contributed by atoms with Crippen LogP contribution in [0.15, 0.2) is 0 Å². The second-order valence-corrected chi connectivity index (χ2v) is 4.80. The molecule has 1 aromatic heterocycles. The first-order chi connectivity index (χ1) is 8.00. The summed E-state index contributed by atoms with van der Waals surface area (Å²) >= 11 is 5.83. The molecule has 94 valence electrons. The van der Waals surface area contributed by atoms with Gasteiger partial charge in [-0.1, -0.05) is 0 Å². The zero-order valence-corrected chi connectivity index (χ0v) is 10.7. The van der Waals surface area contributed by atoms with Crippen LogP contribution in [0.3, 0.4) is 0 Å². The van der Waals surface area contributed by atoms with Gasteiger partial charge in [-0.05, 0) is 31.4 Å². The first kappa shape index (κ1) is 12.3. The van der Waals surface area contributed by atoms with Crippen LogP contribution in [0.5, 0.6) is 0 Å². The van der Waals surface area contributed by atoms with E-state index in [0.29, 0.717) is 24.7 Å². The van der Waals surface area contributed by atoms with Crippen molar-refractivity contribution in [1.82, 2.24) is 15.0 Å². The molecule has 0 unspecified atom stereocenters. The Morgan fingerprint density at radius 3 is 2.53 bits per heavy atom. The lowest BCUT2D eigenvalue weighted by atomic mass is 9.94. The maximum atomic E-state index is 9.88. The number of nitrogens with one attached hydrogen (secondary N) is 1. The van der Waals surface area contributed by atoms with E-state index in [2.05, 4.69) is 20.3 Å². The van der Waals surface area contributed by atoms with Crippen LogP contribution in [0.4, 0.5) is 11.9 Å². The summed E-state index contributed by atoms with van der Waals surface area (Å²) in [4.78, 5) is 14.3. The number of anilines is 2. The van der Waals surface area contributed by atoms with E-state index >= 15 is 0 Å². The van der Waals surface area contributed by atoms with Gasteiger partial charge in [0.05, 0.1) is 5.60 Å². The van der Waals surface area contributed by atoms with E-state index in [1.165, 1.54) is 0 Å². The van der Waals surface area contributed by atoms with Crippen molar-refractivity contribution < 1.29 is 5.11 Å². The van der Waals surface area contributed by atoms with Gasteiger partial charge in [-0.25, -0.2) is 0 Å². The SMILES string of the molecule is CNc1nc(Cl)nc(N2CCC(C)(O)CC2)n1. The van der Waals surface area contributed by atoms with Gasteiger partial charge in [0.2, 0.25) is 17.2 Å². The summed E-state index contributed by atoms with van der Waals surface area (Å²) in [6.45, 7) is 3.29. The molecular weight excluding hydrogens is 242 g/mol. The van der Waals surface area contributed by atoms with Crippen molar-refractivity contribution in [2.45, 2.75) is 25.4 Å². The summed E-state index contributed by atoms with van der Waals surface area (Å²) < 4.78 is 0. The van der Waals surface area contributed by atoms with E-state index in [9.17, 15) is 5.11 Å². The third-order valence-electron chi connectivity index (χ3n) is 2.94. The fraction of sp³-hybridized carbons (Fsp3) is 0.700. The number of aromatic nitrogens is 3. The largest absolute Gasteiger partial charge is 0.390 e. The molecule has 1 aromatic rings. The van der Waals surface area contributed by atoms with Gasteiger partial charge in [-0.15, -0.1) is 0 Å². The second-order valence-electron chi connectivity index (χ2n) is 4.46. The molecule has 0 saturated carbocycles. The Balaban J connectivity index is 2.15. The number of rotatable bonds is 2. The van der Waals surface area contributed by atoms with Crippen LogP contribution in [0.25, 0.3) is 0 Å². The minimum atomic E-state index is -0.584. The van der Waals surface area contributed by atoms with Crippen LogP contribution in [0, 0.1) is 0 Å². The van der Waals surface area contributed by atoms with Gasteiger partial charge in [0, 0.05) is 20.1 Å². The molecule has 0 spiro atoms. The van der Waals surface area contributed by atoms with Gasteiger partial charge in [-0.2, -0.15) is 15.0 Å². The van der Waals surface area contributed by atoms with E-state index < -0.39 is 5.60 Å². The molecule has 1 saturated heterocycles. The summed E-state index contributed by atoms with van der Waals surface area (Å²) in [5.74, 6) is 1.02. The lowest BCUT2D eigenvalue weighted by molar-refractivity contribution is 0.0349. The summed E-state index contributed by atoms with van der Waals surface area (Å²) in [6, 6.07) is 0. The third-order valence-corrected chi connectivity index (χ3v) is 3.11. The van der Waals surface area contributed by atoms with Crippen molar-refractivity contribution in [2.24, 2.45) is 0 Å². The summed E-state index contributed by atoms with van der Waals surface area (Å²) in [5, 5.41) is 12.9. The molecule has 0 radical (unpaired) electrons. The molecule has 2 heterocycles. The van der Waals surface area contributed by atoms with E-state index in [4.69, 9.17) is 11.6 Å². The van der Waals surface area contributed by atoms with E-state index in [-0.39, 0.29) is 5.28 Å². The third kappa shape index (κ3) is 2.95. The van der Waals surface area contributed by atoms with E-state index in [1.54, 1.807) is 7.05 Å². The minimum Gasteiger partial charge on any atom is -0.390 e. The molecule has 0 bridgehead atoms. The average molecular weight is 258 g/mol. The Kier molecular flexibility index (Phi) is 3.35. The molecule has 17 heavy (non-hydrogen) atoms. The summed E-state index contributed by atoms with van der Waals surface area (Å²) in [7, 11) is 1.73. The van der Waals surface area contributed by atoms with E-state index in [1.807, 2.05) is 11.8 Å². The molecular formula is C10H16ClN5O. The van der Waals surface area contributed by atoms with Crippen molar-refractivity contribution in [2.75, 3.05) is 30.4 Å². The number of hydrogen-bond donors (Lipinski definition) is 2. The lowest BCUT2D eigenvalue weighted by Gasteiger charge is -2.35. The summed E-state index contributed by atoms with van der Waals surface area (Å²) in [6.07, 6.45) is 1.40. The number of nitrogens with zero attached hydrogens (tertiary/aromatic N) is 4. The van der Waals surface area contributed by atoms with Crippen molar-refractivity contribution in [3.05, 3.63) is 5.28 Å². The minimum absolute atomic E-state index is 0.177. The van der Waals surface area contributed by atoms with Crippen LogP contribution in [-0.2, 0) is 0 Å². The zero-order valence-electron chi connectivity index (χ0n) is 9.94. The highest BCUT2D eigenvalue weighted by atomic mass is 35.5. The normalized spacial score (nSPS) is 19.2. The number of halogens is 1. The van der Waals surface area contributed by atoms with E-state index in [0.717, 1.165) is 13.1 Å². The van der Waals surface area contributed by atoms with Crippen molar-refractivity contribution >= 4 is 23.5 Å². The Bertz CT molecular complexity index is 402. The maximum absolute atomic E-state index is 9.88. The van der Waals surface area contributed by atoms with Crippen LogP contribution in [-0.4, -0.2) is 45.8 Å². The number of aliphatic hydroxyl groups is 1. The first-order valence-corrected chi connectivity index (χ1v) is 5.95. The topological polar surface area (TPSA) is 74.2 Å². The number of hydrogen-bond acceptors (Lipinski definition) is 6. The quantitative estimate of drug-likeness (QED) is 0.821. The predicted octanol–water partition coefficient (Wildman–Crippen LogP) is 0.918. The molecule has 1 fully saturated rings. The predicted molar refractivity (Wildman–Crippen MR) is 66.5 cm³/mol. The van der Waals surface area contributed by atoms with Gasteiger partial charge in [0.15, 0.2) is 0 Å². The van der Waals surface area contributed by atoms with Crippen molar-refractivity contribution in [1.29, 1.82) is 0 Å². The van der Waals surface area contributed by atoms with Gasteiger partial charge in [-0.3, -0.25) is 0 Å². The Morgan fingerprint density at radius 1 is 1.29 bits per heavy atom. The van der Waals surface area contributed by atoms with Crippen LogP contribution in [0.1, 0.15) is 19.8 Å². The molecule has 7 heteroatoms. The zero-order chi connectivity index (χ0) is 12.5. The fourth-order valence-electron chi connectivity index (χ4n) is 1.78. The number of piperidine rings is 1. The molecule has 1 aliphatic rings. The highest BCUT2D eigenvalue weighted by Crippen LogP contribution is 2.24. The van der Waals surface area contributed by atoms with Crippen molar-refractivity contribution in [3.63, 3.8) is 0 Å². The van der Waals surface area contributed by atoms with Crippen molar-refractivity contribution in [3.8, 4) is 0 Å². The van der Waals surface area contributed by atoms with Crippen LogP contribution in [0.2, 0.25) is 5.28 Å². The average Bonchev–Trinajstić information content (AvgIpc) is 2.28.